The number of rotatable bonds is 4. The van der Waals surface area contributed by atoms with Crippen LogP contribution >= 0.6 is 0 Å². The molecule has 2 rings (SSSR count). The summed E-state index contributed by atoms with van der Waals surface area (Å²) in [6.07, 6.45) is 1.51. The molecule has 6 nitrogen and oxygen atoms in total. The molecule has 1 aromatic carbocycles. The standard InChI is InChI=1S/C15H20N4O2/c1-9-5-11(6-10(2)13(9)20)7-16-14-12(8-17-18-14)15(21)19(3)4/h5-6,8,20H,7H2,1-4H3,(H2,16,17,18). The van der Waals surface area contributed by atoms with E-state index in [1.165, 1.54) is 11.1 Å². The third kappa shape index (κ3) is 3.16. The third-order valence-electron chi connectivity index (χ3n) is 3.30. The van der Waals surface area contributed by atoms with Gasteiger partial charge in [0, 0.05) is 20.6 Å². The molecule has 112 valence electrons. The van der Waals surface area contributed by atoms with Gasteiger partial charge in [-0.2, -0.15) is 5.10 Å². The van der Waals surface area contributed by atoms with Crippen molar-refractivity contribution in [2.24, 2.45) is 0 Å². The van der Waals surface area contributed by atoms with Crippen LogP contribution in [0.4, 0.5) is 5.82 Å². The van der Waals surface area contributed by atoms with E-state index >= 15 is 0 Å². The molecule has 0 saturated heterocycles. The maximum atomic E-state index is 12.0. The lowest BCUT2D eigenvalue weighted by Crippen LogP contribution is -2.22. The van der Waals surface area contributed by atoms with Gasteiger partial charge in [-0.3, -0.25) is 9.89 Å². The second-order valence-corrected chi connectivity index (χ2v) is 5.29. The van der Waals surface area contributed by atoms with E-state index in [0.717, 1.165) is 16.7 Å². The average molecular weight is 288 g/mol. The first-order valence-corrected chi connectivity index (χ1v) is 6.68. The lowest BCUT2D eigenvalue weighted by atomic mass is 10.1. The van der Waals surface area contributed by atoms with Gasteiger partial charge in [0.05, 0.1) is 6.20 Å². The van der Waals surface area contributed by atoms with Crippen molar-refractivity contribution in [1.29, 1.82) is 0 Å². The van der Waals surface area contributed by atoms with E-state index in [4.69, 9.17) is 0 Å². The molecule has 1 aromatic heterocycles. The number of benzene rings is 1. The summed E-state index contributed by atoms with van der Waals surface area (Å²) in [4.78, 5) is 13.5. The number of aromatic amines is 1. The molecule has 0 aliphatic heterocycles. The Morgan fingerprint density at radius 3 is 2.52 bits per heavy atom. The highest BCUT2D eigenvalue weighted by Crippen LogP contribution is 2.23. The number of hydrogen-bond donors (Lipinski definition) is 3. The van der Waals surface area contributed by atoms with Gasteiger partial charge in [-0.05, 0) is 30.5 Å². The highest BCUT2D eigenvalue weighted by molar-refractivity contribution is 5.98. The number of aromatic hydroxyl groups is 1. The second-order valence-electron chi connectivity index (χ2n) is 5.29. The Hall–Kier alpha value is -2.50. The van der Waals surface area contributed by atoms with E-state index in [0.29, 0.717) is 23.7 Å². The van der Waals surface area contributed by atoms with Crippen LogP contribution in [0.1, 0.15) is 27.0 Å². The molecular formula is C15H20N4O2. The summed E-state index contributed by atoms with van der Waals surface area (Å²) in [5.41, 5.74) is 3.20. The van der Waals surface area contributed by atoms with Crippen LogP contribution in [0.25, 0.3) is 0 Å². The molecule has 1 amide bonds. The normalized spacial score (nSPS) is 10.5. The third-order valence-corrected chi connectivity index (χ3v) is 3.30. The summed E-state index contributed by atoms with van der Waals surface area (Å²) in [5, 5.41) is 19.7. The fourth-order valence-corrected chi connectivity index (χ4v) is 2.16. The molecule has 0 saturated carbocycles. The molecule has 3 N–H and O–H groups in total. The largest absolute Gasteiger partial charge is 0.507 e. The Balaban J connectivity index is 2.14. The van der Waals surface area contributed by atoms with Crippen molar-refractivity contribution in [2.75, 3.05) is 19.4 Å². The SMILES string of the molecule is Cc1cc(CNc2[nH]ncc2C(=O)N(C)C)cc(C)c1O. The predicted molar refractivity (Wildman–Crippen MR) is 81.5 cm³/mol. The molecule has 0 radical (unpaired) electrons. The van der Waals surface area contributed by atoms with Crippen LogP contribution in [0.5, 0.6) is 5.75 Å². The van der Waals surface area contributed by atoms with Gasteiger partial charge in [-0.1, -0.05) is 12.1 Å². The Labute approximate surface area is 123 Å². The molecule has 0 bridgehead atoms. The number of carbonyl (C=O) groups excluding carboxylic acids is 1. The van der Waals surface area contributed by atoms with Crippen molar-refractivity contribution in [3.8, 4) is 5.75 Å². The second kappa shape index (κ2) is 5.87. The highest BCUT2D eigenvalue weighted by atomic mass is 16.3. The molecule has 0 aliphatic rings. The van der Waals surface area contributed by atoms with Crippen LogP contribution in [-0.4, -0.2) is 40.2 Å². The molecule has 21 heavy (non-hydrogen) atoms. The van der Waals surface area contributed by atoms with Crippen molar-refractivity contribution < 1.29 is 9.90 Å². The van der Waals surface area contributed by atoms with Crippen molar-refractivity contribution in [3.05, 3.63) is 40.6 Å². The average Bonchev–Trinajstić information content (AvgIpc) is 2.89. The van der Waals surface area contributed by atoms with Crippen molar-refractivity contribution in [2.45, 2.75) is 20.4 Å². The smallest absolute Gasteiger partial charge is 0.258 e. The van der Waals surface area contributed by atoms with Crippen LogP contribution in [0, 0.1) is 13.8 Å². The van der Waals surface area contributed by atoms with E-state index in [9.17, 15) is 9.90 Å². The van der Waals surface area contributed by atoms with Gasteiger partial charge in [0.25, 0.3) is 5.91 Å². The van der Waals surface area contributed by atoms with Crippen LogP contribution in [0.15, 0.2) is 18.3 Å². The molecular weight excluding hydrogens is 268 g/mol. The predicted octanol–water partition coefficient (Wildman–Crippen LogP) is 2.05. The number of carbonyl (C=O) groups is 1. The van der Waals surface area contributed by atoms with E-state index in [1.807, 2.05) is 26.0 Å². The molecule has 2 aromatic rings. The summed E-state index contributed by atoms with van der Waals surface area (Å²) in [6, 6.07) is 3.83. The number of nitrogens with one attached hydrogen (secondary N) is 2. The van der Waals surface area contributed by atoms with Gasteiger partial charge in [0.15, 0.2) is 0 Å². The summed E-state index contributed by atoms with van der Waals surface area (Å²) in [6.45, 7) is 4.27. The first kappa shape index (κ1) is 14.9. The summed E-state index contributed by atoms with van der Waals surface area (Å²) in [5.74, 6) is 0.810. The lowest BCUT2D eigenvalue weighted by Gasteiger charge is -2.12. The number of phenolic OH excluding ortho intramolecular Hbond substituents is 1. The Morgan fingerprint density at radius 1 is 1.33 bits per heavy atom. The molecule has 1 heterocycles. The van der Waals surface area contributed by atoms with Gasteiger partial charge >= 0.3 is 0 Å². The lowest BCUT2D eigenvalue weighted by molar-refractivity contribution is 0.0828. The Kier molecular flexibility index (Phi) is 4.16. The fraction of sp³-hybridized carbons (Fsp3) is 0.333. The minimum atomic E-state index is -0.107. The quantitative estimate of drug-likeness (QED) is 0.804. The van der Waals surface area contributed by atoms with Gasteiger partial charge in [0.1, 0.15) is 17.1 Å². The monoisotopic (exact) mass is 288 g/mol. The summed E-state index contributed by atoms with van der Waals surface area (Å²) in [7, 11) is 3.40. The molecule has 6 heteroatoms. The number of nitrogens with zero attached hydrogens (tertiary/aromatic N) is 2. The number of aromatic nitrogens is 2. The van der Waals surface area contributed by atoms with Gasteiger partial charge < -0.3 is 15.3 Å². The van der Waals surface area contributed by atoms with Gasteiger partial charge in [-0.15, -0.1) is 0 Å². The Bertz CT molecular complexity index is 638. The van der Waals surface area contributed by atoms with E-state index in [-0.39, 0.29) is 5.91 Å². The first-order chi connectivity index (χ1) is 9.90. The van der Waals surface area contributed by atoms with Crippen molar-refractivity contribution in [1.82, 2.24) is 15.1 Å². The van der Waals surface area contributed by atoms with Crippen molar-refractivity contribution >= 4 is 11.7 Å². The van der Waals surface area contributed by atoms with Gasteiger partial charge in [0.2, 0.25) is 0 Å². The minimum absolute atomic E-state index is 0.107. The van der Waals surface area contributed by atoms with E-state index in [2.05, 4.69) is 15.5 Å². The number of H-pyrrole nitrogens is 1. The van der Waals surface area contributed by atoms with Crippen LogP contribution in [-0.2, 0) is 6.54 Å². The number of anilines is 1. The van der Waals surface area contributed by atoms with E-state index < -0.39 is 0 Å². The molecule has 0 aliphatic carbocycles. The zero-order valence-corrected chi connectivity index (χ0v) is 12.7. The van der Waals surface area contributed by atoms with Crippen LogP contribution < -0.4 is 5.32 Å². The highest BCUT2D eigenvalue weighted by Gasteiger charge is 2.15. The molecule has 0 unspecified atom stereocenters. The number of phenols is 1. The number of amides is 1. The minimum Gasteiger partial charge on any atom is -0.507 e. The molecule has 0 atom stereocenters. The molecule has 0 fully saturated rings. The van der Waals surface area contributed by atoms with E-state index in [1.54, 1.807) is 14.1 Å². The van der Waals surface area contributed by atoms with Crippen LogP contribution in [0.2, 0.25) is 0 Å². The zero-order chi connectivity index (χ0) is 15.6. The number of hydrogen-bond acceptors (Lipinski definition) is 4. The molecule has 0 spiro atoms. The van der Waals surface area contributed by atoms with Crippen LogP contribution in [0.3, 0.4) is 0 Å². The topological polar surface area (TPSA) is 81.2 Å². The fourth-order valence-electron chi connectivity index (χ4n) is 2.16. The summed E-state index contributed by atoms with van der Waals surface area (Å²) >= 11 is 0. The first-order valence-electron chi connectivity index (χ1n) is 6.68. The maximum Gasteiger partial charge on any atom is 0.258 e. The number of aryl methyl sites for hydroxylation is 2. The maximum absolute atomic E-state index is 12.0. The Morgan fingerprint density at radius 2 is 1.95 bits per heavy atom. The zero-order valence-electron chi connectivity index (χ0n) is 12.7. The van der Waals surface area contributed by atoms with Crippen molar-refractivity contribution in [3.63, 3.8) is 0 Å². The summed E-state index contributed by atoms with van der Waals surface area (Å²) < 4.78 is 0. The van der Waals surface area contributed by atoms with Gasteiger partial charge in [-0.25, -0.2) is 0 Å².